The second-order valence-corrected chi connectivity index (χ2v) is 9.04. The van der Waals surface area contributed by atoms with Crippen LogP contribution in [0.2, 0.25) is 0 Å². The van der Waals surface area contributed by atoms with Crippen LogP contribution in [0.1, 0.15) is 22.3 Å². The van der Waals surface area contributed by atoms with E-state index in [0.717, 1.165) is 38.2 Å². The van der Waals surface area contributed by atoms with Gasteiger partial charge in [0.25, 0.3) is 5.91 Å². The maximum atomic E-state index is 15.2. The van der Waals surface area contributed by atoms with Gasteiger partial charge in [0.1, 0.15) is 11.6 Å². The normalized spacial score (nSPS) is 14.6. The number of nitrogens with zero attached hydrogens (tertiary/aromatic N) is 5. The summed E-state index contributed by atoms with van der Waals surface area (Å²) < 4.78 is 61.7. The van der Waals surface area contributed by atoms with Gasteiger partial charge in [0.15, 0.2) is 5.65 Å². The lowest BCUT2D eigenvalue weighted by atomic mass is 10.1. The predicted molar refractivity (Wildman–Crippen MR) is 135 cm³/mol. The summed E-state index contributed by atoms with van der Waals surface area (Å²) in [6, 6.07) is 7.98. The molecule has 5 rings (SSSR count). The molecule has 13 heteroatoms. The van der Waals surface area contributed by atoms with Crippen LogP contribution in [0.15, 0.2) is 48.8 Å². The van der Waals surface area contributed by atoms with E-state index < -0.39 is 29.3 Å². The van der Waals surface area contributed by atoms with E-state index in [-0.39, 0.29) is 28.1 Å². The van der Waals surface area contributed by atoms with E-state index in [4.69, 9.17) is 10.5 Å². The van der Waals surface area contributed by atoms with Crippen LogP contribution in [0.4, 0.5) is 23.4 Å². The highest BCUT2D eigenvalue weighted by Crippen LogP contribution is 2.35. The number of carbonyl (C=O) groups excluding carboxylic acids is 1. The second-order valence-electron chi connectivity index (χ2n) is 9.04. The highest BCUT2D eigenvalue weighted by Gasteiger charge is 2.34. The van der Waals surface area contributed by atoms with Crippen molar-refractivity contribution >= 4 is 17.4 Å². The Morgan fingerprint density at radius 2 is 1.87 bits per heavy atom. The van der Waals surface area contributed by atoms with Crippen molar-refractivity contribution in [2.24, 2.45) is 0 Å². The van der Waals surface area contributed by atoms with Gasteiger partial charge in [-0.05, 0) is 49.4 Å². The third-order valence-electron chi connectivity index (χ3n) is 6.43. The number of fused-ring (bicyclic) bond motifs is 1. The molecule has 0 aliphatic carbocycles. The summed E-state index contributed by atoms with van der Waals surface area (Å²) in [6.07, 6.45) is -1.34. The summed E-state index contributed by atoms with van der Waals surface area (Å²) in [4.78, 5) is 22.7. The van der Waals surface area contributed by atoms with E-state index in [1.807, 2.05) is 0 Å². The number of hydrogen-bond acceptors (Lipinski definition) is 7. The number of nitrogens with two attached hydrogens (primary N) is 1. The number of hydrogen-bond donors (Lipinski definition) is 2. The van der Waals surface area contributed by atoms with E-state index >= 15 is 4.39 Å². The molecule has 1 fully saturated rings. The van der Waals surface area contributed by atoms with Crippen LogP contribution in [0.3, 0.4) is 0 Å². The zero-order chi connectivity index (χ0) is 27.6. The van der Waals surface area contributed by atoms with Gasteiger partial charge in [0.2, 0.25) is 0 Å². The Morgan fingerprint density at radius 1 is 1.08 bits per heavy atom. The van der Waals surface area contributed by atoms with Crippen molar-refractivity contribution in [2.45, 2.75) is 12.6 Å². The molecule has 0 spiro atoms. The van der Waals surface area contributed by atoms with Gasteiger partial charge in [-0.25, -0.2) is 18.9 Å². The minimum atomic E-state index is -4.68. The van der Waals surface area contributed by atoms with Crippen LogP contribution in [-0.4, -0.2) is 69.8 Å². The fourth-order valence-electron chi connectivity index (χ4n) is 4.35. The molecule has 0 bridgehead atoms. The molecule has 0 radical (unpaired) electrons. The van der Waals surface area contributed by atoms with Crippen molar-refractivity contribution in [1.29, 1.82) is 0 Å². The van der Waals surface area contributed by atoms with Gasteiger partial charge in [-0.1, -0.05) is 0 Å². The summed E-state index contributed by atoms with van der Waals surface area (Å²) in [6.45, 7) is 4.44. The molecule has 1 saturated heterocycles. The molecule has 1 aromatic carbocycles. The summed E-state index contributed by atoms with van der Waals surface area (Å²) in [7, 11) is 0. The summed E-state index contributed by atoms with van der Waals surface area (Å²) in [5.74, 6) is -1.70. The first-order chi connectivity index (χ1) is 18.7. The first-order valence-electron chi connectivity index (χ1n) is 12.3. The summed E-state index contributed by atoms with van der Waals surface area (Å²) >= 11 is 0. The zero-order valence-corrected chi connectivity index (χ0v) is 20.7. The molecule has 3 aromatic heterocycles. The number of nitrogens with one attached hydrogen (secondary N) is 1. The van der Waals surface area contributed by atoms with Gasteiger partial charge in [-0.15, -0.1) is 0 Å². The number of ether oxygens (including phenoxy) is 1. The molecular formula is C26H25F4N7O2. The number of morpholine rings is 1. The maximum Gasteiger partial charge on any atom is 0.419 e. The molecule has 204 valence electrons. The quantitative estimate of drug-likeness (QED) is 0.271. The number of halogens is 4. The van der Waals surface area contributed by atoms with Gasteiger partial charge in [-0.3, -0.25) is 9.69 Å². The van der Waals surface area contributed by atoms with E-state index in [2.05, 4.69) is 25.3 Å². The molecule has 4 aromatic rings. The average Bonchev–Trinajstić information content (AvgIpc) is 3.34. The molecular weight excluding hydrogens is 518 g/mol. The average molecular weight is 544 g/mol. The summed E-state index contributed by atoms with van der Waals surface area (Å²) in [5.41, 5.74) is 5.48. The topological polar surface area (TPSA) is 111 Å². The van der Waals surface area contributed by atoms with Crippen LogP contribution < -0.4 is 11.1 Å². The van der Waals surface area contributed by atoms with Crippen LogP contribution in [0.25, 0.3) is 28.2 Å². The van der Waals surface area contributed by atoms with E-state index in [1.165, 1.54) is 35.1 Å². The molecule has 0 atom stereocenters. The molecule has 1 amide bonds. The van der Waals surface area contributed by atoms with E-state index in [0.29, 0.717) is 25.4 Å². The lowest BCUT2D eigenvalue weighted by molar-refractivity contribution is -0.137. The second kappa shape index (κ2) is 10.9. The molecule has 9 nitrogen and oxygen atoms in total. The van der Waals surface area contributed by atoms with Crippen molar-refractivity contribution in [1.82, 2.24) is 29.8 Å². The van der Waals surface area contributed by atoms with Crippen molar-refractivity contribution in [3.05, 3.63) is 65.7 Å². The fourth-order valence-corrected chi connectivity index (χ4v) is 4.35. The minimum Gasteiger partial charge on any atom is -0.383 e. The monoisotopic (exact) mass is 543 g/mol. The van der Waals surface area contributed by atoms with Crippen molar-refractivity contribution in [3.8, 4) is 22.5 Å². The standard InChI is InChI=1S/C26H25F4N7O2/c27-20-13-16(25(38)32-6-1-7-36-8-10-39-11-9-36)2-3-18(20)22-15-33-23-5-4-21(35-37(22)23)17-12-19(26(28,29)30)24(31)34-14-17/h2-5,12-15H,1,6-11H2,(H2,31,34)(H,32,38). The fraction of sp³-hybridized carbons (Fsp3) is 0.308. The van der Waals surface area contributed by atoms with Gasteiger partial charge in [0, 0.05) is 42.5 Å². The Labute approximate surface area is 220 Å². The first kappa shape index (κ1) is 26.5. The number of anilines is 1. The number of carbonyl (C=O) groups is 1. The molecule has 1 aliphatic heterocycles. The highest BCUT2D eigenvalue weighted by atomic mass is 19.4. The number of alkyl halides is 3. The maximum absolute atomic E-state index is 15.2. The van der Waals surface area contributed by atoms with Crippen LogP contribution in [0.5, 0.6) is 0 Å². The third kappa shape index (κ3) is 5.83. The number of amides is 1. The van der Waals surface area contributed by atoms with Gasteiger partial charge in [-0.2, -0.15) is 18.3 Å². The Hall–Kier alpha value is -4.10. The lowest BCUT2D eigenvalue weighted by Crippen LogP contribution is -2.38. The number of pyridine rings is 1. The number of rotatable bonds is 7. The van der Waals surface area contributed by atoms with Crippen LogP contribution in [0, 0.1) is 5.82 Å². The predicted octanol–water partition coefficient (Wildman–Crippen LogP) is 3.65. The SMILES string of the molecule is Nc1ncc(-c2ccc3ncc(-c4ccc(C(=O)NCCCN5CCOCC5)cc4F)n3n2)cc1C(F)(F)F. The number of imidazole rings is 1. The smallest absolute Gasteiger partial charge is 0.383 e. The van der Waals surface area contributed by atoms with Crippen molar-refractivity contribution < 1.29 is 27.1 Å². The highest BCUT2D eigenvalue weighted by molar-refractivity contribution is 5.94. The van der Waals surface area contributed by atoms with Gasteiger partial charge < -0.3 is 15.8 Å². The Balaban J connectivity index is 1.33. The Morgan fingerprint density at radius 3 is 2.62 bits per heavy atom. The van der Waals surface area contributed by atoms with Crippen LogP contribution in [-0.2, 0) is 10.9 Å². The van der Waals surface area contributed by atoms with Crippen molar-refractivity contribution in [3.63, 3.8) is 0 Å². The van der Waals surface area contributed by atoms with Gasteiger partial charge >= 0.3 is 6.18 Å². The van der Waals surface area contributed by atoms with Crippen LogP contribution >= 0.6 is 0 Å². The zero-order valence-electron chi connectivity index (χ0n) is 20.7. The first-order valence-corrected chi connectivity index (χ1v) is 12.3. The molecule has 39 heavy (non-hydrogen) atoms. The molecule has 4 heterocycles. The van der Waals surface area contributed by atoms with Crippen molar-refractivity contribution in [2.75, 3.05) is 45.1 Å². The molecule has 3 N–H and O–H groups in total. The summed E-state index contributed by atoms with van der Waals surface area (Å²) in [5, 5.41) is 7.18. The minimum absolute atomic E-state index is 0.0826. The third-order valence-corrected chi connectivity index (χ3v) is 6.43. The van der Waals surface area contributed by atoms with E-state index in [9.17, 15) is 18.0 Å². The number of aromatic nitrogens is 4. The number of nitrogen functional groups attached to an aromatic ring is 1. The van der Waals surface area contributed by atoms with E-state index in [1.54, 1.807) is 6.07 Å². The molecule has 0 unspecified atom stereocenters. The molecule has 0 saturated carbocycles. The number of benzene rings is 1. The Kier molecular flexibility index (Phi) is 7.44. The van der Waals surface area contributed by atoms with Gasteiger partial charge in [0.05, 0.1) is 36.4 Å². The molecule has 1 aliphatic rings. The lowest BCUT2D eigenvalue weighted by Gasteiger charge is -2.26. The Bertz CT molecular complexity index is 1500. The largest absolute Gasteiger partial charge is 0.419 e.